The quantitative estimate of drug-likeness (QED) is 0.361. The average Bonchev–Trinajstić information content (AvgIpc) is 3.26. The number of rotatable bonds is 10. The Bertz CT molecular complexity index is 1070. The Morgan fingerprint density at radius 2 is 1.89 bits per heavy atom. The highest BCUT2D eigenvalue weighted by atomic mass is 19.1. The van der Waals surface area contributed by atoms with Crippen LogP contribution in [0, 0.1) is 6.92 Å². The summed E-state index contributed by atoms with van der Waals surface area (Å²) < 4.78 is 19.2. The number of phenols is 1. The third-order valence-electron chi connectivity index (χ3n) is 6.24. The van der Waals surface area contributed by atoms with E-state index in [0.717, 1.165) is 10.5 Å². The Morgan fingerprint density at radius 1 is 1.17 bits per heavy atom. The predicted molar refractivity (Wildman–Crippen MR) is 130 cm³/mol. The highest BCUT2D eigenvalue weighted by molar-refractivity contribution is 5.97. The summed E-state index contributed by atoms with van der Waals surface area (Å²) in [6.45, 7) is 1.70. The molecule has 1 saturated heterocycles. The number of nitrogens with one attached hydrogen (secondary N) is 2. The fraction of sp³-hybridized carbons (Fsp3) is 0.423. The first kappa shape index (κ1) is 27.1. The number of alkyl halides is 1. The number of carbonyl (C=O) groups is 3. The number of aliphatic hydroxyl groups excluding tert-OH is 1. The maximum atomic E-state index is 14.3. The number of hydrogen-bond donors (Lipinski definition) is 4. The van der Waals surface area contributed by atoms with Crippen molar-refractivity contribution < 1.29 is 33.7 Å². The Labute approximate surface area is 209 Å². The number of carbonyl (C=O) groups excluding carboxylic acids is 3. The molecule has 4 N–H and O–H groups in total. The van der Waals surface area contributed by atoms with Crippen LogP contribution in [0.2, 0.25) is 0 Å². The molecule has 0 bridgehead atoms. The molecule has 1 heterocycles. The smallest absolute Gasteiger partial charge is 0.254 e. The van der Waals surface area contributed by atoms with E-state index in [1.54, 1.807) is 31.2 Å². The number of aliphatic hydroxyl groups is 1. The largest absolute Gasteiger partial charge is 0.508 e. The molecule has 2 aromatic carbocycles. The Hall–Kier alpha value is -3.50. The molecule has 10 heteroatoms. The number of benzene rings is 2. The van der Waals surface area contributed by atoms with Gasteiger partial charge in [-0.1, -0.05) is 36.4 Å². The zero-order chi connectivity index (χ0) is 26.2. The number of amides is 3. The van der Waals surface area contributed by atoms with E-state index in [-0.39, 0.29) is 43.9 Å². The van der Waals surface area contributed by atoms with Gasteiger partial charge >= 0.3 is 0 Å². The molecule has 1 aliphatic heterocycles. The van der Waals surface area contributed by atoms with E-state index < -0.39 is 42.1 Å². The highest BCUT2D eigenvalue weighted by Crippen LogP contribution is 2.24. The second-order valence-electron chi connectivity index (χ2n) is 8.79. The van der Waals surface area contributed by atoms with Crippen LogP contribution in [0.5, 0.6) is 5.75 Å². The molecule has 1 unspecified atom stereocenters. The minimum Gasteiger partial charge on any atom is -0.508 e. The summed E-state index contributed by atoms with van der Waals surface area (Å²) in [6, 6.07) is 11.3. The molecule has 0 saturated carbocycles. The number of phenolic OH excluding ortho intramolecular Hbond substituents is 1. The fourth-order valence-electron chi connectivity index (χ4n) is 4.24. The van der Waals surface area contributed by atoms with Gasteiger partial charge in [0, 0.05) is 31.2 Å². The van der Waals surface area contributed by atoms with Gasteiger partial charge in [-0.25, -0.2) is 4.39 Å². The van der Waals surface area contributed by atoms with Crippen molar-refractivity contribution in [3.05, 3.63) is 65.2 Å². The third kappa shape index (κ3) is 6.58. The van der Waals surface area contributed by atoms with Gasteiger partial charge in [0.25, 0.3) is 11.8 Å². The van der Waals surface area contributed by atoms with Gasteiger partial charge in [0.15, 0.2) is 6.10 Å². The highest BCUT2D eigenvalue weighted by Gasteiger charge is 2.43. The van der Waals surface area contributed by atoms with Crippen molar-refractivity contribution in [1.29, 1.82) is 0 Å². The summed E-state index contributed by atoms with van der Waals surface area (Å²) in [4.78, 5) is 40.0. The van der Waals surface area contributed by atoms with Gasteiger partial charge in [-0.05, 0) is 31.0 Å². The molecule has 0 aliphatic carbocycles. The van der Waals surface area contributed by atoms with Crippen LogP contribution in [-0.4, -0.2) is 84.0 Å². The summed E-state index contributed by atoms with van der Waals surface area (Å²) >= 11 is 0. The Balaban J connectivity index is 1.82. The van der Waals surface area contributed by atoms with Crippen molar-refractivity contribution in [2.24, 2.45) is 0 Å². The molecule has 3 rings (SSSR count). The first-order valence-electron chi connectivity index (χ1n) is 11.8. The van der Waals surface area contributed by atoms with Crippen LogP contribution in [0.3, 0.4) is 0 Å². The Morgan fingerprint density at radius 3 is 2.58 bits per heavy atom. The van der Waals surface area contributed by atoms with Gasteiger partial charge in [0.05, 0.1) is 19.2 Å². The number of ether oxygens (including phenoxy) is 1. The van der Waals surface area contributed by atoms with Crippen molar-refractivity contribution in [3.8, 4) is 5.75 Å². The van der Waals surface area contributed by atoms with Crippen molar-refractivity contribution in [2.75, 3.05) is 26.8 Å². The molecule has 9 nitrogen and oxygen atoms in total. The van der Waals surface area contributed by atoms with Crippen LogP contribution in [0.4, 0.5) is 4.39 Å². The molecule has 0 radical (unpaired) electrons. The molecular formula is C26H32FN3O6. The van der Waals surface area contributed by atoms with Crippen molar-refractivity contribution in [3.63, 3.8) is 0 Å². The number of aromatic hydroxyl groups is 1. The molecule has 0 aromatic heterocycles. The minimum absolute atomic E-state index is 0.0627. The van der Waals surface area contributed by atoms with E-state index in [2.05, 4.69) is 10.6 Å². The zero-order valence-electron chi connectivity index (χ0n) is 20.3. The first-order chi connectivity index (χ1) is 17.2. The SMILES string of the molecule is COCCNC(=O)[C@@H]1C[C@H](F)CN1C(=O)[C@@H](O)C(Cc1ccccc1)NC(=O)c1cccc(O)c1C. The average molecular weight is 502 g/mol. The first-order valence-corrected chi connectivity index (χ1v) is 11.8. The maximum Gasteiger partial charge on any atom is 0.254 e. The van der Waals surface area contributed by atoms with Gasteiger partial charge < -0.3 is 30.5 Å². The predicted octanol–water partition coefficient (Wildman–Crippen LogP) is 1.10. The summed E-state index contributed by atoms with van der Waals surface area (Å²) in [7, 11) is 1.48. The van der Waals surface area contributed by atoms with Gasteiger partial charge in [-0.3, -0.25) is 14.4 Å². The van der Waals surface area contributed by atoms with Crippen LogP contribution < -0.4 is 10.6 Å². The van der Waals surface area contributed by atoms with Crippen LogP contribution in [0.15, 0.2) is 48.5 Å². The second kappa shape index (κ2) is 12.5. The topological polar surface area (TPSA) is 128 Å². The number of likely N-dealkylation sites (tertiary alicyclic amines) is 1. The summed E-state index contributed by atoms with van der Waals surface area (Å²) in [5.74, 6) is -2.04. The van der Waals surface area contributed by atoms with Crippen molar-refractivity contribution >= 4 is 17.7 Å². The van der Waals surface area contributed by atoms with Crippen LogP contribution >= 0.6 is 0 Å². The second-order valence-corrected chi connectivity index (χ2v) is 8.79. The molecule has 0 spiro atoms. The van der Waals surface area contributed by atoms with Crippen molar-refractivity contribution in [2.45, 2.75) is 44.1 Å². The molecule has 194 valence electrons. The lowest BCUT2D eigenvalue weighted by Crippen LogP contribution is -2.56. The van der Waals surface area contributed by atoms with E-state index in [9.17, 15) is 29.0 Å². The molecule has 36 heavy (non-hydrogen) atoms. The zero-order valence-corrected chi connectivity index (χ0v) is 20.3. The summed E-state index contributed by atoms with van der Waals surface area (Å²) in [5, 5.41) is 26.4. The van der Waals surface area contributed by atoms with Gasteiger partial charge in [-0.15, -0.1) is 0 Å². The van der Waals surface area contributed by atoms with E-state index >= 15 is 0 Å². The lowest BCUT2D eigenvalue weighted by Gasteiger charge is -2.30. The summed E-state index contributed by atoms with van der Waals surface area (Å²) in [6.07, 6.45) is -3.24. The standard InChI is InChI=1S/C26H32FN3O6/c1-16-19(9-6-10-22(16)31)24(33)29-20(13-17-7-4-3-5-8-17)23(32)26(35)30-15-18(27)14-21(30)25(34)28-11-12-36-2/h3-10,18,20-21,23,31-32H,11-15H2,1-2H3,(H,28,34)(H,29,33)/t18-,20?,21-,23-/m0/s1. The summed E-state index contributed by atoms with van der Waals surface area (Å²) in [5.41, 5.74) is 1.29. The lowest BCUT2D eigenvalue weighted by molar-refractivity contribution is -0.146. The van der Waals surface area contributed by atoms with Gasteiger partial charge in [-0.2, -0.15) is 0 Å². The molecule has 1 fully saturated rings. The van der Waals surface area contributed by atoms with Crippen molar-refractivity contribution in [1.82, 2.24) is 15.5 Å². The van der Waals surface area contributed by atoms with Crippen LogP contribution in [-0.2, 0) is 20.7 Å². The molecule has 1 aliphatic rings. The molecule has 2 aromatic rings. The number of nitrogens with zero attached hydrogens (tertiary/aromatic N) is 1. The monoisotopic (exact) mass is 501 g/mol. The van der Waals surface area contributed by atoms with E-state index in [1.165, 1.54) is 25.3 Å². The van der Waals surface area contributed by atoms with E-state index in [0.29, 0.717) is 5.56 Å². The molecule has 4 atom stereocenters. The third-order valence-corrected chi connectivity index (χ3v) is 6.24. The lowest BCUT2D eigenvalue weighted by atomic mass is 9.98. The van der Waals surface area contributed by atoms with Gasteiger partial charge in [0.1, 0.15) is 18.0 Å². The Kier molecular flexibility index (Phi) is 9.38. The number of methoxy groups -OCH3 is 1. The fourth-order valence-corrected chi connectivity index (χ4v) is 4.24. The van der Waals surface area contributed by atoms with Crippen LogP contribution in [0.25, 0.3) is 0 Å². The minimum atomic E-state index is -1.74. The van der Waals surface area contributed by atoms with Crippen LogP contribution in [0.1, 0.15) is 27.9 Å². The number of hydrogen-bond acceptors (Lipinski definition) is 6. The van der Waals surface area contributed by atoms with Gasteiger partial charge in [0.2, 0.25) is 5.91 Å². The normalized spacial score (nSPS) is 18.9. The molecular weight excluding hydrogens is 469 g/mol. The number of halogens is 1. The van der Waals surface area contributed by atoms with E-state index in [4.69, 9.17) is 4.74 Å². The maximum absolute atomic E-state index is 14.3. The van der Waals surface area contributed by atoms with E-state index in [1.807, 2.05) is 6.07 Å². The molecule has 3 amide bonds.